The number of carbonyl (C=O) groups is 1. The highest BCUT2D eigenvalue weighted by molar-refractivity contribution is 5.91. The Labute approximate surface area is 114 Å². The largest absolute Gasteiger partial charge is 0.496 e. The lowest BCUT2D eigenvalue weighted by Crippen LogP contribution is -2.32. The molecule has 0 aliphatic carbocycles. The molecule has 0 radical (unpaired) electrons. The number of nitrogens with zero attached hydrogens (tertiary/aromatic N) is 1. The Morgan fingerprint density at radius 2 is 2.11 bits per heavy atom. The zero-order valence-corrected chi connectivity index (χ0v) is 11.6. The Morgan fingerprint density at radius 3 is 2.68 bits per heavy atom. The number of benzene rings is 1. The van der Waals surface area contributed by atoms with E-state index in [-0.39, 0.29) is 5.56 Å². The van der Waals surface area contributed by atoms with E-state index < -0.39 is 5.97 Å². The van der Waals surface area contributed by atoms with Crippen molar-refractivity contribution >= 4 is 5.97 Å². The molecule has 0 bridgehead atoms. The molecular formula is C15H21NO3. The van der Waals surface area contributed by atoms with Gasteiger partial charge in [-0.3, -0.25) is 4.90 Å². The normalized spacial score (nSPS) is 17.4. The van der Waals surface area contributed by atoms with E-state index in [4.69, 9.17) is 9.84 Å². The molecule has 1 heterocycles. The third-order valence-corrected chi connectivity index (χ3v) is 3.78. The number of carboxylic acid groups (broad SMARTS) is 1. The van der Waals surface area contributed by atoms with Gasteiger partial charge in [-0.25, -0.2) is 4.79 Å². The first kappa shape index (κ1) is 13.9. The molecule has 1 saturated heterocycles. The SMILES string of the molecule is COc1ccc(CN2CCC(C)CC2)cc1C(=O)O. The van der Waals surface area contributed by atoms with Crippen LogP contribution in [0.3, 0.4) is 0 Å². The van der Waals surface area contributed by atoms with Gasteiger partial charge in [-0.05, 0) is 49.5 Å². The van der Waals surface area contributed by atoms with Crippen LogP contribution in [0.15, 0.2) is 18.2 Å². The van der Waals surface area contributed by atoms with Crippen LogP contribution in [0, 0.1) is 5.92 Å². The number of piperidine rings is 1. The minimum Gasteiger partial charge on any atom is -0.496 e. The predicted octanol–water partition coefficient (Wildman–Crippen LogP) is 2.63. The lowest BCUT2D eigenvalue weighted by atomic mass is 9.98. The van der Waals surface area contributed by atoms with Crippen LogP contribution in [0.2, 0.25) is 0 Å². The zero-order valence-electron chi connectivity index (χ0n) is 11.6. The molecule has 1 aliphatic rings. The Morgan fingerprint density at radius 1 is 1.42 bits per heavy atom. The topological polar surface area (TPSA) is 49.8 Å². The van der Waals surface area contributed by atoms with Crippen molar-refractivity contribution < 1.29 is 14.6 Å². The van der Waals surface area contributed by atoms with Crippen LogP contribution < -0.4 is 4.74 Å². The van der Waals surface area contributed by atoms with E-state index in [1.807, 2.05) is 6.07 Å². The van der Waals surface area contributed by atoms with Crippen LogP contribution in [0.25, 0.3) is 0 Å². The van der Waals surface area contributed by atoms with Gasteiger partial charge >= 0.3 is 5.97 Å². The lowest BCUT2D eigenvalue weighted by molar-refractivity contribution is 0.0693. The summed E-state index contributed by atoms with van der Waals surface area (Å²) in [4.78, 5) is 13.6. The molecule has 1 aliphatic heterocycles. The number of hydrogen-bond acceptors (Lipinski definition) is 3. The molecule has 0 atom stereocenters. The maximum Gasteiger partial charge on any atom is 0.339 e. The Bertz CT molecular complexity index is 451. The highest BCUT2D eigenvalue weighted by Crippen LogP contribution is 2.22. The highest BCUT2D eigenvalue weighted by Gasteiger charge is 2.17. The summed E-state index contributed by atoms with van der Waals surface area (Å²) in [6.45, 7) is 5.29. The maximum atomic E-state index is 11.2. The van der Waals surface area contributed by atoms with Crippen LogP contribution in [-0.2, 0) is 6.54 Å². The average molecular weight is 263 g/mol. The lowest BCUT2D eigenvalue weighted by Gasteiger charge is -2.30. The Balaban J connectivity index is 2.08. The maximum absolute atomic E-state index is 11.2. The van der Waals surface area contributed by atoms with Gasteiger partial charge in [0.2, 0.25) is 0 Å². The van der Waals surface area contributed by atoms with Crippen molar-refractivity contribution in [3.05, 3.63) is 29.3 Å². The van der Waals surface area contributed by atoms with Crippen LogP contribution >= 0.6 is 0 Å². The second-order valence-electron chi connectivity index (χ2n) is 5.30. The van der Waals surface area contributed by atoms with Crippen LogP contribution in [0.5, 0.6) is 5.75 Å². The Kier molecular flexibility index (Phi) is 4.43. The predicted molar refractivity (Wildman–Crippen MR) is 73.6 cm³/mol. The van der Waals surface area contributed by atoms with Gasteiger partial charge in [-0.2, -0.15) is 0 Å². The minimum atomic E-state index is -0.939. The summed E-state index contributed by atoms with van der Waals surface area (Å²) in [5.41, 5.74) is 1.28. The smallest absolute Gasteiger partial charge is 0.339 e. The molecule has 1 N–H and O–H groups in total. The monoisotopic (exact) mass is 263 g/mol. The summed E-state index contributed by atoms with van der Waals surface area (Å²) in [5, 5.41) is 9.17. The van der Waals surface area contributed by atoms with Crippen LogP contribution in [0.1, 0.15) is 35.7 Å². The molecule has 0 amide bonds. The van der Waals surface area contributed by atoms with Crippen LogP contribution in [0.4, 0.5) is 0 Å². The molecule has 1 aromatic carbocycles. The zero-order chi connectivity index (χ0) is 13.8. The third-order valence-electron chi connectivity index (χ3n) is 3.78. The summed E-state index contributed by atoms with van der Waals surface area (Å²) in [5.74, 6) is 0.288. The highest BCUT2D eigenvalue weighted by atomic mass is 16.5. The van der Waals surface area contributed by atoms with Gasteiger partial charge < -0.3 is 9.84 Å². The Hall–Kier alpha value is -1.55. The number of aromatic carboxylic acids is 1. The van der Waals surface area contributed by atoms with E-state index in [2.05, 4.69) is 11.8 Å². The van der Waals surface area contributed by atoms with Gasteiger partial charge in [0.25, 0.3) is 0 Å². The van der Waals surface area contributed by atoms with Crippen molar-refractivity contribution in [2.24, 2.45) is 5.92 Å². The second kappa shape index (κ2) is 6.06. The van der Waals surface area contributed by atoms with E-state index in [0.717, 1.165) is 31.1 Å². The summed E-state index contributed by atoms with van der Waals surface area (Å²) < 4.78 is 5.07. The standard InChI is InChI=1S/C15H21NO3/c1-11-5-7-16(8-6-11)10-12-3-4-14(19-2)13(9-12)15(17)18/h3-4,9,11H,5-8,10H2,1-2H3,(H,17,18). The van der Waals surface area contributed by atoms with Gasteiger partial charge in [0.15, 0.2) is 0 Å². The van der Waals surface area contributed by atoms with E-state index >= 15 is 0 Å². The fraction of sp³-hybridized carbons (Fsp3) is 0.533. The van der Waals surface area contributed by atoms with Crippen molar-refractivity contribution in [3.63, 3.8) is 0 Å². The molecule has 0 unspecified atom stereocenters. The molecule has 1 aromatic rings. The van der Waals surface area contributed by atoms with E-state index in [9.17, 15) is 4.79 Å². The minimum absolute atomic E-state index is 0.241. The molecule has 4 heteroatoms. The summed E-state index contributed by atoms with van der Waals surface area (Å²) in [7, 11) is 1.49. The van der Waals surface area contributed by atoms with Crippen molar-refractivity contribution in [2.75, 3.05) is 20.2 Å². The first-order valence-corrected chi connectivity index (χ1v) is 6.72. The number of carboxylic acids is 1. The van der Waals surface area contributed by atoms with Crippen molar-refractivity contribution in [3.8, 4) is 5.75 Å². The quantitative estimate of drug-likeness (QED) is 0.907. The molecule has 0 aromatic heterocycles. The van der Waals surface area contributed by atoms with Crippen molar-refractivity contribution in [2.45, 2.75) is 26.3 Å². The molecule has 0 saturated carbocycles. The van der Waals surface area contributed by atoms with E-state index in [0.29, 0.717) is 5.75 Å². The number of methoxy groups -OCH3 is 1. The fourth-order valence-electron chi connectivity index (χ4n) is 2.50. The first-order valence-electron chi connectivity index (χ1n) is 6.72. The van der Waals surface area contributed by atoms with Gasteiger partial charge in [-0.1, -0.05) is 13.0 Å². The first-order chi connectivity index (χ1) is 9.10. The van der Waals surface area contributed by atoms with Crippen molar-refractivity contribution in [1.82, 2.24) is 4.90 Å². The van der Waals surface area contributed by atoms with Crippen molar-refractivity contribution in [1.29, 1.82) is 0 Å². The second-order valence-corrected chi connectivity index (χ2v) is 5.30. The van der Waals surface area contributed by atoms with Gasteiger partial charge in [0, 0.05) is 6.54 Å². The van der Waals surface area contributed by atoms with E-state index in [1.165, 1.54) is 20.0 Å². The van der Waals surface area contributed by atoms with Gasteiger partial charge in [-0.15, -0.1) is 0 Å². The van der Waals surface area contributed by atoms with Gasteiger partial charge in [0.1, 0.15) is 11.3 Å². The molecule has 2 rings (SSSR count). The molecule has 0 spiro atoms. The molecule has 19 heavy (non-hydrogen) atoms. The number of likely N-dealkylation sites (tertiary alicyclic amines) is 1. The molecule has 4 nitrogen and oxygen atoms in total. The van der Waals surface area contributed by atoms with Gasteiger partial charge in [0.05, 0.1) is 7.11 Å². The molecule has 104 valence electrons. The number of rotatable bonds is 4. The average Bonchev–Trinajstić information content (AvgIpc) is 2.41. The van der Waals surface area contributed by atoms with Crippen LogP contribution in [-0.4, -0.2) is 36.2 Å². The third kappa shape index (κ3) is 3.47. The number of ether oxygens (including phenoxy) is 1. The summed E-state index contributed by atoms with van der Waals surface area (Å²) >= 11 is 0. The molecular weight excluding hydrogens is 242 g/mol. The molecule has 1 fully saturated rings. The summed E-state index contributed by atoms with van der Waals surface area (Å²) in [6.07, 6.45) is 2.45. The fourth-order valence-corrected chi connectivity index (χ4v) is 2.50. The van der Waals surface area contributed by atoms with E-state index in [1.54, 1.807) is 12.1 Å². The number of hydrogen-bond donors (Lipinski definition) is 1. The summed E-state index contributed by atoms with van der Waals surface area (Å²) in [6, 6.07) is 5.41.